The zero-order chi connectivity index (χ0) is 19.6. The van der Waals surface area contributed by atoms with Crippen molar-refractivity contribution >= 4 is 17.5 Å². The largest absolute Gasteiger partial charge is 0.394 e. The summed E-state index contributed by atoms with van der Waals surface area (Å²) < 4.78 is 13.4. The Hall–Kier alpha value is -3.32. The Morgan fingerprint density at radius 1 is 1.07 bits per heavy atom. The van der Waals surface area contributed by atoms with E-state index in [1.54, 1.807) is 48.8 Å². The zero-order valence-electron chi connectivity index (χ0n) is 15.0. The van der Waals surface area contributed by atoms with E-state index >= 15 is 0 Å². The number of hydrogen-bond acceptors (Lipinski definition) is 5. The van der Waals surface area contributed by atoms with E-state index in [1.165, 1.54) is 12.1 Å². The lowest BCUT2D eigenvalue weighted by Crippen LogP contribution is -2.39. The van der Waals surface area contributed by atoms with Gasteiger partial charge in [0.1, 0.15) is 5.82 Å². The molecular formula is C21H19FN4O2. The van der Waals surface area contributed by atoms with Gasteiger partial charge in [-0.05, 0) is 48.7 Å². The van der Waals surface area contributed by atoms with E-state index in [-0.39, 0.29) is 18.3 Å². The van der Waals surface area contributed by atoms with Crippen molar-refractivity contribution in [3.05, 3.63) is 72.3 Å². The van der Waals surface area contributed by atoms with Gasteiger partial charge in [-0.3, -0.25) is 4.79 Å². The molecule has 3 aromatic rings. The summed E-state index contributed by atoms with van der Waals surface area (Å²) >= 11 is 0. The Bertz CT molecular complexity index is 1000. The minimum absolute atomic E-state index is 0.0534. The molecule has 0 unspecified atom stereocenters. The number of aliphatic hydroxyl groups is 1. The second-order valence-corrected chi connectivity index (χ2v) is 6.90. The van der Waals surface area contributed by atoms with Crippen LogP contribution in [-0.2, 0) is 0 Å². The normalized spacial score (nSPS) is 14.4. The summed E-state index contributed by atoms with van der Waals surface area (Å²) in [4.78, 5) is 20.9. The molecule has 2 aromatic carbocycles. The lowest BCUT2D eigenvalue weighted by molar-refractivity contribution is 0.0907. The van der Waals surface area contributed by atoms with E-state index in [0.29, 0.717) is 28.3 Å². The molecule has 7 heteroatoms. The van der Waals surface area contributed by atoms with Crippen LogP contribution in [0.15, 0.2) is 60.9 Å². The molecule has 1 saturated carbocycles. The first-order valence-electron chi connectivity index (χ1n) is 8.95. The third kappa shape index (κ3) is 3.99. The summed E-state index contributed by atoms with van der Waals surface area (Å²) in [6, 6.07) is 13.2. The van der Waals surface area contributed by atoms with Crippen molar-refractivity contribution in [2.75, 3.05) is 11.9 Å². The Morgan fingerprint density at radius 3 is 2.50 bits per heavy atom. The highest BCUT2D eigenvalue weighted by atomic mass is 19.1. The van der Waals surface area contributed by atoms with Crippen LogP contribution in [0, 0.1) is 5.82 Å². The molecule has 1 aromatic heterocycles. The molecule has 28 heavy (non-hydrogen) atoms. The molecule has 142 valence electrons. The van der Waals surface area contributed by atoms with Crippen LogP contribution in [0.3, 0.4) is 0 Å². The molecule has 0 aliphatic heterocycles. The second kappa shape index (κ2) is 7.36. The van der Waals surface area contributed by atoms with E-state index in [9.17, 15) is 14.3 Å². The van der Waals surface area contributed by atoms with Crippen molar-refractivity contribution in [2.45, 2.75) is 18.4 Å². The standard InChI is InChI=1S/C21H19FN4O2/c22-17-5-1-3-14(9-17)16-11-23-20(24-12-16)25-18-6-2-4-15(10-18)19(28)26-21(13-27)7-8-21/h1-6,9-12,27H,7-8,13H2,(H,26,28)(H,23,24,25). The molecule has 1 amide bonds. The summed E-state index contributed by atoms with van der Waals surface area (Å²) in [5.41, 5.74) is 2.09. The number of halogens is 1. The van der Waals surface area contributed by atoms with Crippen LogP contribution in [0.4, 0.5) is 16.0 Å². The highest BCUT2D eigenvalue weighted by Gasteiger charge is 2.43. The van der Waals surface area contributed by atoms with Crippen molar-refractivity contribution in [3.63, 3.8) is 0 Å². The highest BCUT2D eigenvalue weighted by molar-refractivity contribution is 5.96. The third-order valence-corrected chi connectivity index (χ3v) is 4.73. The topological polar surface area (TPSA) is 87.1 Å². The van der Waals surface area contributed by atoms with Crippen LogP contribution in [0.2, 0.25) is 0 Å². The summed E-state index contributed by atoms with van der Waals surface area (Å²) in [5.74, 6) is -0.173. The Labute approximate surface area is 161 Å². The van der Waals surface area contributed by atoms with E-state index < -0.39 is 5.54 Å². The van der Waals surface area contributed by atoms with Gasteiger partial charge in [0.2, 0.25) is 5.95 Å². The number of hydrogen-bond donors (Lipinski definition) is 3. The summed E-state index contributed by atoms with van der Waals surface area (Å²) in [7, 11) is 0. The Morgan fingerprint density at radius 2 is 1.82 bits per heavy atom. The van der Waals surface area contributed by atoms with E-state index in [2.05, 4.69) is 20.6 Å². The van der Waals surface area contributed by atoms with Crippen molar-refractivity contribution in [2.24, 2.45) is 0 Å². The van der Waals surface area contributed by atoms with Gasteiger partial charge in [-0.15, -0.1) is 0 Å². The lowest BCUT2D eigenvalue weighted by atomic mass is 10.1. The van der Waals surface area contributed by atoms with E-state index in [0.717, 1.165) is 12.8 Å². The number of carbonyl (C=O) groups excluding carboxylic acids is 1. The van der Waals surface area contributed by atoms with Gasteiger partial charge >= 0.3 is 0 Å². The average Bonchev–Trinajstić information content (AvgIpc) is 3.49. The lowest BCUT2D eigenvalue weighted by Gasteiger charge is -2.14. The summed E-state index contributed by atoms with van der Waals surface area (Å²) in [6.45, 7) is -0.0534. The maximum absolute atomic E-state index is 13.4. The molecule has 1 fully saturated rings. The van der Waals surface area contributed by atoms with E-state index in [4.69, 9.17) is 0 Å². The van der Waals surface area contributed by atoms with Gasteiger partial charge in [-0.25, -0.2) is 14.4 Å². The van der Waals surface area contributed by atoms with Gasteiger partial charge in [0.15, 0.2) is 0 Å². The number of benzene rings is 2. The van der Waals surface area contributed by atoms with Crippen LogP contribution in [0.5, 0.6) is 0 Å². The quantitative estimate of drug-likeness (QED) is 0.613. The van der Waals surface area contributed by atoms with Crippen molar-refractivity contribution in [3.8, 4) is 11.1 Å². The van der Waals surface area contributed by atoms with E-state index in [1.807, 2.05) is 0 Å². The number of amides is 1. The number of carbonyl (C=O) groups is 1. The molecule has 6 nitrogen and oxygen atoms in total. The molecule has 0 radical (unpaired) electrons. The smallest absolute Gasteiger partial charge is 0.251 e. The predicted molar refractivity (Wildman–Crippen MR) is 104 cm³/mol. The van der Waals surface area contributed by atoms with Gasteiger partial charge < -0.3 is 15.7 Å². The van der Waals surface area contributed by atoms with Gasteiger partial charge in [-0.1, -0.05) is 18.2 Å². The molecular weight excluding hydrogens is 359 g/mol. The van der Waals surface area contributed by atoms with Gasteiger partial charge in [0.05, 0.1) is 12.1 Å². The van der Waals surface area contributed by atoms with Crippen LogP contribution in [0.25, 0.3) is 11.1 Å². The molecule has 1 heterocycles. The first kappa shape index (κ1) is 18.1. The van der Waals surface area contributed by atoms with Gasteiger partial charge in [-0.2, -0.15) is 0 Å². The monoisotopic (exact) mass is 378 g/mol. The van der Waals surface area contributed by atoms with Crippen molar-refractivity contribution in [1.82, 2.24) is 15.3 Å². The maximum atomic E-state index is 13.4. The van der Waals surface area contributed by atoms with Gasteiger partial charge in [0, 0.05) is 29.2 Å². The predicted octanol–water partition coefficient (Wildman–Crippen LogP) is 3.28. The minimum atomic E-state index is -0.462. The van der Waals surface area contributed by atoms with Crippen molar-refractivity contribution < 1.29 is 14.3 Å². The first-order chi connectivity index (χ1) is 13.6. The number of aromatic nitrogens is 2. The fourth-order valence-electron chi connectivity index (χ4n) is 2.86. The highest BCUT2D eigenvalue weighted by Crippen LogP contribution is 2.34. The average molecular weight is 378 g/mol. The molecule has 0 bridgehead atoms. The molecule has 0 spiro atoms. The van der Waals surface area contributed by atoms with Gasteiger partial charge in [0.25, 0.3) is 5.91 Å². The number of nitrogens with zero attached hydrogens (tertiary/aromatic N) is 2. The number of anilines is 2. The fourth-order valence-corrected chi connectivity index (χ4v) is 2.86. The SMILES string of the molecule is O=C(NC1(CO)CC1)c1cccc(Nc2ncc(-c3cccc(F)c3)cn2)c1. The number of nitrogens with one attached hydrogen (secondary N) is 2. The minimum Gasteiger partial charge on any atom is -0.394 e. The first-order valence-corrected chi connectivity index (χ1v) is 8.95. The molecule has 0 saturated heterocycles. The van der Waals surface area contributed by atoms with Crippen LogP contribution in [0.1, 0.15) is 23.2 Å². The molecule has 1 aliphatic rings. The van der Waals surface area contributed by atoms with Crippen LogP contribution < -0.4 is 10.6 Å². The molecule has 1 aliphatic carbocycles. The fraction of sp³-hybridized carbons (Fsp3) is 0.190. The Balaban J connectivity index is 1.46. The summed E-state index contributed by atoms with van der Waals surface area (Å²) in [6.07, 6.45) is 4.80. The summed E-state index contributed by atoms with van der Waals surface area (Å²) in [5, 5.41) is 15.3. The third-order valence-electron chi connectivity index (χ3n) is 4.73. The van der Waals surface area contributed by atoms with Crippen LogP contribution >= 0.6 is 0 Å². The number of rotatable bonds is 6. The van der Waals surface area contributed by atoms with Crippen LogP contribution in [-0.4, -0.2) is 33.1 Å². The number of aliphatic hydroxyl groups excluding tert-OH is 1. The molecule has 4 rings (SSSR count). The maximum Gasteiger partial charge on any atom is 0.251 e. The Kier molecular flexibility index (Phi) is 4.75. The molecule has 3 N–H and O–H groups in total. The second-order valence-electron chi connectivity index (χ2n) is 6.90. The molecule has 0 atom stereocenters. The van der Waals surface area contributed by atoms with Crippen molar-refractivity contribution in [1.29, 1.82) is 0 Å². The zero-order valence-corrected chi connectivity index (χ0v) is 15.0.